The predicted molar refractivity (Wildman–Crippen MR) is 88.8 cm³/mol. The van der Waals surface area contributed by atoms with Crippen LogP contribution in [0.1, 0.15) is 31.4 Å². The lowest BCUT2D eigenvalue weighted by Gasteiger charge is -2.35. The van der Waals surface area contributed by atoms with Crippen LogP contribution in [-0.4, -0.2) is 49.1 Å². The van der Waals surface area contributed by atoms with Crippen LogP contribution < -0.4 is 5.73 Å². The number of hydrogen-bond acceptors (Lipinski definition) is 3. The Morgan fingerprint density at radius 3 is 2.75 bits per heavy atom. The summed E-state index contributed by atoms with van der Waals surface area (Å²) in [5.74, 6) is 0. The number of rotatable bonds is 4. The average Bonchev–Trinajstić information content (AvgIpc) is 2.64. The van der Waals surface area contributed by atoms with Crippen LogP contribution in [0, 0.1) is 0 Å². The Labute approximate surface area is 131 Å². The molecule has 0 radical (unpaired) electrons. The predicted octanol–water partition coefficient (Wildman–Crippen LogP) is 2.87. The van der Waals surface area contributed by atoms with Crippen molar-refractivity contribution in [1.29, 1.82) is 0 Å². The van der Waals surface area contributed by atoms with Crippen molar-refractivity contribution in [3.05, 3.63) is 34.3 Å². The highest BCUT2D eigenvalue weighted by molar-refractivity contribution is 9.10. The van der Waals surface area contributed by atoms with Crippen LogP contribution in [0.15, 0.2) is 28.7 Å². The van der Waals surface area contributed by atoms with E-state index in [2.05, 4.69) is 64.0 Å². The number of nitrogens with zero attached hydrogens (tertiary/aromatic N) is 2. The first-order valence-electron chi connectivity index (χ1n) is 7.55. The summed E-state index contributed by atoms with van der Waals surface area (Å²) >= 11 is 3.58. The molecule has 1 aromatic carbocycles. The molecule has 1 aliphatic heterocycles. The van der Waals surface area contributed by atoms with E-state index < -0.39 is 0 Å². The molecule has 1 aromatic rings. The third kappa shape index (κ3) is 4.04. The van der Waals surface area contributed by atoms with Crippen LogP contribution in [0.25, 0.3) is 0 Å². The summed E-state index contributed by atoms with van der Waals surface area (Å²) in [6.07, 6.45) is 2.22. The second-order valence-electron chi connectivity index (χ2n) is 5.76. The maximum atomic E-state index is 6.45. The van der Waals surface area contributed by atoms with E-state index in [1.54, 1.807) is 0 Å². The van der Waals surface area contributed by atoms with Gasteiger partial charge in [-0.25, -0.2) is 0 Å². The molecule has 1 heterocycles. The van der Waals surface area contributed by atoms with Crippen molar-refractivity contribution in [2.45, 2.75) is 31.8 Å². The SMILES string of the molecule is CCC(N)C(c1cccc(Br)c1)N1CCCN(C)CC1. The van der Waals surface area contributed by atoms with Crippen LogP contribution in [0.5, 0.6) is 0 Å². The van der Waals surface area contributed by atoms with Crippen molar-refractivity contribution < 1.29 is 0 Å². The molecule has 112 valence electrons. The molecule has 1 aliphatic rings. The molecule has 2 rings (SSSR count). The minimum absolute atomic E-state index is 0.188. The van der Waals surface area contributed by atoms with Gasteiger partial charge < -0.3 is 10.6 Å². The summed E-state index contributed by atoms with van der Waals surface area (Å²) in [6.45, 7) is 6.72. The van der Waals surface area contributed by atoms with Crippen molar-refractivity contribution in [2.75, 3.05) is 33.2 Å². The van der Waals surface area contributed by atoms with E-state index in [9.17, 15) is 0 Å². The van der Waals surface area contributed by atoms with Gasteiger partial charge in [0.15, 0.2) is 0 Å². The lowest BCUT2D eigenvalue weighted by Crippen LogP contribution is -2.42. The standard InChI is InChI=1S/C16H26BrN3/c1-3-15(18)16(13-6-4-7-14(17)12-13)20-9-5-8-19(2)10-11-20/h4,6-7,12,15-16H,3,5,8-11,18H2,1-2H3. The molecule has 0 bridgehead atoms. The number of halogens is 1. The monoisotopic (exact) mass is 339 g/mol. The minimum Gasteiger partial charge on any atom is -0.326 e. The zero-order valence-electron chi connectivity index (χ0n) is 12.6. The van der Waals surface area contributed by atoms with Crippen LogP contribution in [0.4, 0.5) is 0 Å². The van der Waals surface area contributed by atoms with Crippen LogP contribution in [0.3, 0.4) is 0 Å². The second kappa shape index (κ2) is 7.55. The van der Waals surface area contributed by atoms with Gasteiger partial charge in [0.25, 0.3) is 0 Å². The molecule has 0 aliphatic carbocycles. The first-order chi connectivity index (χ1) is 9.61. The van der Waals surface area contributed by atoms with Gasteiger partial charge in [0.1, 0.15) is 0 Å². The van der Waals surface area contributed by atoms with E-state index >= 15 is 0 Å². The lowest BCUT2D eigenvalue weighted by atomic mass is 9.96. The van der Waals surface area contributed by atoms with Gasteiger partial charge in [-0.15, -0.1) is 0 Å². The largest absolute Gasteiger partial charge is 0.326 e. The highest BCUT2D eigenvalue weighted by Crippen LogP contribution is 2.28. The van der Waals surface area contributed by atoms with Crippen LogP contribution in [-0.2, 0) is 0 Å². The van der Waals surface area contributed by atoms with Gasteiger partial charge in [-0.1, -0.05) is 35.0 Å². The van der Waals surface area contributed by atoms with Gasteiger partial charge in [-0.2, -0.15) is 0 Å². The van der Waals surface area contributed by atoms with Crippen molar-refractivity contribution in [2.24, 2.45) is 5.73 Å². The number of hydrogen-bond donors (Lipinski definition) is 1. The van der Waals surface area contributed by atoms with E-state index in [0.29, 0.717) is 6.04 Å². The highest BCUT2D eigenvalue weighted by Gasteiger charge is 2.27. The molecular formula is C16H26BrN3. The smallest absolute Gasteiger partial charge is 0.0500 e. The van der Waals surface area contributed by atoms with Gasteiger partial charge in [-0.05, 0) is 44.1 Å². The molecular weight excluding hydrogens is 314 g/mol. The van der Waals surface area contributed by atoms with Crippen molar-refractivity contribution in [3.8, 4) is 0 Å². The maximum Gasteiger partial charge on any atom is 0.0500 e. The quantitative estimate of drug-likeness (QED) is 0.915. The Balaban J connectivity index is 2.23. The molecule has 20 heavy (non-hydrogen) atoms. The zero-order valence-corrected chi connectivity index (χ0v) is 14.1. The molecule has 1 fully saturated rings. The summed E-state index contributed by atoms with van der Waals surface area (Å²) < 4.78 is 1.13. The molecule has 0 saturated carbocycles. The normalized spacial score (nSPS) is 21.4. The fraction of sp³-hybridized carbons (Fsp3) is 0.625. The van der Waals surface area contributed by atoms with Crippen molar-refractivity contribution in [3.63, 3.8) is 0 Å². The molecule has 2 unspecified atom stereocenters. The second-order valence-corrected chi connectivity index (χ2v) is 6.68. The molecule has 0 spiro atoms. The molecule has 0 aromatic heterocycles. The van der Waals surface area contributed by atoms with Crippen LogP contribution in [0.2, 0.25) is 0 Å². The number of benzene rings is 1. The Kier molecular flexibility index (Phi) is 6.02. The van der Waals surface area contributed by atoms with Crippen molar-refractivity contribution >= 4 is 15.9 Å². The Bertz CT molecular complexity index is 424. The summed E-state index contributed by atoms with van der Waals surface area (Å²) in [5.41, 5.74) is 7.78. The number of likely N-dealkylation sites (N-methyl/N-ethyl adjacent to an activating group) is 1. The van der Waals surface area contributed by atoms with E-state index in [0.717, 1.165) is 30.5 Å². The van der Waals surface area contributed by atoms with Gasteiger partial charge in [0.2, 0.25) is 0 Å². The molecule has 0 amide bonds. The fourth-order valence-electron chi connectivity index (χ4n) is 2.99. The summed E-state index contributed by atoms with van der Waals surface area (Å²) in [4.78, 5) is 4.98. The van der Waals surface area contributed by atoms with E-state index in [1.807, 2.05) is 0 Å². The highest BCUT2D eigenvalue weighted by atomic mass is 79.9. The third-order valence-electron chi connectivity index (χ3n) is 4.21. The Morgan fingerprint density at radius 2 is 2.05 bits per heavy atom. The molecule has 1 saturated heterocycles. The Hall–Kier alpha value is -0.420. The first-order valence-corrected chi connectivity index (χ1v) is 8.34. The molecule has 2 atom stereocenters. The summed E-state index contributed by atoms with van der Waals surface area (Å²) in [5, 5.41) is 0. The van der Waals surface area contributed by atoms with E-state index in [-0.39, 0.29) is 6.04 Å². The average molecular weight is 340 g/mol. The van der Waals surface area contributed by atoms with Crippen LogP contribution >= 0.6 is 15.9 Å². The zero-order chi connectivity index (χ0) is 14.5. The molecule has 4 heteroatoms. The van der Waals surface area contributed by atoms with E-state index in [4.69, 9.17) is 5.73 Å². The lowest BCUT2D eigenvalue weighted by molar-refractivity contribution is 0.175. The number of nitrogens with two attached hydrogens (primary N) is 1. The summed E-state index contributed by atoms with van der Waals surface area (Å²) in [6, 6.07) is 9.12. The molecule has 3 nitrogen and oxygen atoms in total. The minimum atomic E-state index is 0.188. The van der Waals surface area contributed by atoms with Gasteiger partial charge in [0.05, 0.1) is 0 Å². The van der Waals surface area contributed by atoms with Gasteiger partial charge in [-0.3, -0.25) is 4.90 Å². The Morgan fingerprint density at radius 1 is 1.25 bits per heavy atom. The van der Waals surface area contributed by atoms with E-state index in [1.165, 1.54) is 18.5 Å². The molecule has 2 N–H and O–H groups in total. The maximum absolute atomic E-state index is 6.45. The summed E-state index contributed by atoms with van der Waals surface area (Å²) in [7, 11) is 2.21. The van der Waals surface area contributed by atoms with Gasteiger partial charge >= 0.3 is 0 Å². The topological polar surface area (TPSA) is 32.5 Å². The first kappa shape index (κ1) is 16.0. The fourth-order valence-corrected chi connectivity index (χ4v) is 3.40. The van der Waals surface area contributed by atoms with Gasteiger partial charge in [0, 0.05) is 36.2 Å². The third-order valence-corrected chi connectivity index (χ3v) is 4.71. The van der Waals surface area contributed by atoms with Crippen molar-refractivity contribution in [1.82, 2.24) is 9.80 Å².